The molecule has 3 aromatic rings. The summed E-state index contributed by atoms with van der Waals surface area (Å²) in [6, 6.07) is 16.4. The maximum absolute atomic E-state index is 4.86. The Labute approximate surface area is 207 Å². The Morgan fingerprint density at radius 3 is 2.59 bits per heavy atom. The van der Waals surface area contributed by atoms with E-state index in [1.807, 2.05) is 34.9 Å². The van der Waals surface area contributed by atoms with Gasteiger partial charge in [0, 0.05) is 58.4 Å². The summed E-state index contributed by atoms with van der Waals surface area (Å²) < 4.78 is 2.03. The standard InChI is InChI=1S/C24H31N7.HI/c1-2-25-24(26-14-13-23-28-27-22-12-6-7-16-31(22)23)30-19-17-29(18-20-30)15-8-11-21-9-4-3-5-10-21;/h3-12,16H,2,13-15,17-20H2,1H3,(H,25,26);1H/b11-8+;. The number of aliphatic imine (C=N–C) groups is 1. The molecule has 0 aliphatic carbocycles. The van der Waals surface area contributed by atoms with Crippen LogP contribution in [0.4, 0.5) is 0 Å². The zero-order chi connectivity index (χ0) is 21.3. The molecule has 2 aromatic heterocycles. The Balaban J connectivity index is 0.00000289. The predicted octanol–water partition coefficient (Wildman–Crippen LogP) is 3.19. The Hall–Kier alpha value is -2.46. The van der Waals surface area contributed by atoms with Gasteiger partial charge in [0.15, 0.2) is 11.6 Å². The Morgan fingerprint density at radius 2 is 1.81 bits per heavy atom. The number of aromatic nitrogens is 3. The number of hydrogen-bond donors (Lipinski definition) is 1. The molecule has 4 rings (SSSR count). The smallest absolute Gasteiger partial charge is 0.194 e. The van der Waals surface area contributed by atoms with Crippen molar-refractivity contribution in [3.8, 4) is 0 Å². The van der Waals surface area contributed by atoms with Crippen LogP contribution in [0.25, 0.3) is 11.7 Å². The van der Waals surface area contributed by atoms with Crippen LogP contribution in [0.15, 0.2) is 65.8 Å². The van der Waals surface area contributed by atoms with Gasteiger partial charge in [-0.15, -0.1) is 34.2 Å². The zero-order valence-corrected chi connectivity index (χ0v) is 20.9. The maximum Gasteiger partial charge on any atom is 0.194 e. The number of pyridine rings is 1. The van der Waals surface area contributed by atoms with Crippen LogP contribution in [0.2, 0.25) is 0 Å². The number of rotatable bonds is 7. The van der Waals surface area contributed by atoms with E-state index in [1.165, 1.54) is 5.56 Å². The van der Waals surface area contributed by atoms with Gasteiger partial charge >= 0.3 is 0 Å². The molecular formula is C24H32IN7. The van der Waals surface area contributed by atoms with Crippen molar-refractivity contribution >= 4 is 41.7 Å². The van der Waals surface area contributed by atoms with Crippen LogP contribution in [-0.4, -0.2) is 76.2 Å². The van der Waals surface area contributed by atoms with E-state index in [1.54, 1.807) is 0 Å². The average Bonchev–Trinajstić information content (AvgIpc) is 3.23. The first kappa shape index (κ1) is 24.2. The molecule has 170 valence electrons. The summed E-state index contributed by atoms with van der Waals surface area (Å²) in [4.78, 5) is 9.72. The monoisotopic (exact) mass is 545 g/mol. The molecule has 1 aromatic carbocycles. The van der Waals surface area contributed by atoms with Gasteiger partial charge in [0.1, 0.15) is 5.82 Å². The highest BCUT2D eigenvalue weighted by molar-refractivity contribution is 14.0. The third kappa shape index (κ3) is 6.52. The fraction of sp³-hybridized carbons (Fsp3) is 0.375. The van der Waals surface area contributed by atoms with Crippen molar-refractivity contribution in [1.82, 2.24) is 29.7 Å². The predicted molar refractivity (Wildman–Crippen MR) is 142 cm³/mol. The van der Waals surface area contributed by atoms with Crippen LogP contribution in [0.5, 0.6) is 0 Å². The number of guanidine groups is 1. The van der Waals surface area contributed by atoms with Gasteiger partial charge in [0.25, 0.3) is 0 Å². The molecule has 7 nitrogen and oxygen atoms in total. The Morgan fingerprint density at radius 1 is 1.03 bits per heavy atom. The Kier molecular flexibility index (Phi) is 9.48. The second-order valence-electron chi connectivity index (χ2n) is 7.63. The number of benzene rings is 1. The number of nitrogens with zero attached hydrogens (tertiary/aromatic N) is 6. The van der Waals surface area contributed by atoms with Gasteiger partial charge in [-0.3, -0.25) is 14.3 Å². The van der Waals surface area contributed by atoms with Crippen molar-refractivity contribution in [1.29, 1.82) is 0 Å². The van der Waals surface area contributed by atoms with Gasteiger partial charge in [-0.25, -0.2) is 0 Å². The fourth-order valence-electron chi connectivity index (χ4n) is 3.79. The van der Waals surface area contributed by atoms with Crippen LogP contribution in [0.1, 0.15) is 18.3 Å². The number of fused-ring (bicyclic) bond motifs is 1. The van der Waals surface area contributed by atoms with Crippen molar-refractivity contribution in [3.63, 3.8) is 0 Å². The summed E-state index contributed by atoms with van der Waals surface area (Å²) in [6.07, 6.45) is 7.23. The topological polar surface area (TPSA) is 61.1 Å². The number of halogens is 1. The zero-order valence-electron chi connectivity index (χ0n) is 18.6. The van der Waals surface area contributed by atoms with Crippen molar-refractivity contribution < 1.29 is 0 Å². The van der Waals surface area contributed by atoms with Crippen LogP contribution in [0.3, 0.4) is 0 Å². The summed E-state index contributed by atoms with van der Waals surface area (Å²) in [5.41, 5.74) is 2.13. The van der Waals surface area contributed by atoms with Crippen LogP contribution in [-0.2, 0) is 6.42 Å². The molecule has 0 bridgehead atoms. The quantitative estimate of drug-likeness (QED) is 0.281. The molecule has 1 N–H and O–H groups in total. The summed E-state index contributed by atoms with van der Waals surface area (Å²) >= 11 is 0. The van der Waals surface area contributed by atoms with E-state index < -0.39 is 0 Å². The van der Waals surface area contributed by atoms with E-state index in [0.717, 1.165) is 63.1 Å². The molecule has 1 saturated heterocycles. The van der Waals surface area contributed by atoms with E-state index in [-0.39, 0.29) is 24.0 Å². The van der Waals surface area contributed by atoms with E-state index in [4.69, 9.17) is 4.99 Å². The van der Waals surface area contributed by atoms with Crippen molar-refractivity contribution in [2.24, 2.45) is 4.99 Å². The third-order valence-corrected chi connectivity index (χ3v) is 5.46. The minimum absolute atomic E-state index is 0. The summed E-state index contributed by atoms with van der Waals surface area (Å²) in [6.45, 7) is 8.71. The summed E-state index contributed by atoms with van der Waals surface area (Å²) in [5.74, 6) is 1.95. The van der Waals surface area contributed by atoms with Crippen molar-refractivity contribution in [2.75, 3.05) is 45.8 Å². The lowest BCUT2D eigenvalue weighted by molar-refractivity contribution is 0.194. The van der Waals surface area contributed by atoms with Gasteiger partial charge in [-0.1, -0.05) is 48.6 Å². The second kappa shape index (κ2) is 12.5. The first-order valence-electron chi connectivity index (χ1n) is 11.1. The number of piperazine rings is 1. The van der Waals surface area contributed by atoms with Crippen LogP contribution >= 0.6 is 24.0 Å². The lowest BCUT2D eigenvalue weighted by atomic mass is 10.2. The first-order valence-corrected chi connectivity index (χ1v) is 11.1. The SMILES string of the molecule is CCNC(=NCCc1nnc2ccccn12)N1CCN(C/C=C/c2ccccc2)CC1.I. The maximum atomic E-state index is 4.86. The largest absolute Gasteiger partial charge is 0.357 e. The molecule has 0 radical (unpaired) electrons. The molecule has 1 fully saturated rings. The molecule has 1 aliphatic rings. The minimum atomic E-state index is 0. The Bertz CT molecular complexity index is 1010. The van der Waals surface area contributed by atoms with E-state index in [2.05, 4.69) is 68.7 Å². The average molecular weight is 545 g/mol. The molecular weight excluding hydrogens is 513 g/mol. The highest BCUT2D eigenvalue weighted by atomic mass is 127. The van der Waals surface area contributed by atoms with Gasteiger partial charge in [0.2, 0.25) is 0 Å². The molecule has 8 heteroatoms. The van der Waals surface area contributed by atoms with Gasteiger partial charge in [0.05, 0.1) is 0 Å². The molecule has 32 heavy (non-hydrogen) atoms. The molecule has 0 spiro atoms. The van der Waals surface area contributed by atoms with Crippen molar-refractivity contribution in [3.05, 3.63) is 72.2 Å². The molecule has 0 unspecified atom stereocenters. The highest BCUT2D eigenvalue weighted by Crippen LogP contribution is 2.06. The number of hydrogen-bond acceptors (Lipinski definition) is 4. The van der Waals surface area contributed by atoms with Crippen LogP contribution < -0.4 is 5.32 Å². The lowest BCUT2D eigenvalue weighted by Gasteiger charge is -2.36. The van der Waals surface area contributed by atoms with Crippen molar-refractivity contribution in [2.45, 2.75) is 13.3 Å². The van der Waals surface area contributed by atoms with E-state index in [9.17, 15) is 0 Å². The molecule has 3 heterocycles. The molecule has 0 atom stereocenters. The molecule has 0 amide bonds. The third-order valence-electron chi connectivity index (χ3n) is 5.46. The minimum Gasteiger partial charge on any atom is -0.357 e. The van der Waals surface area contributed by atoms with E-state index in [0.29, 0.717) is 6.54 Å². The fourth-order valence-corrected chi connectivity index (χ4v) is 3.79. The lowest BCUT2D eigenvalue weighted by Crippen LogP contribution is -2.52. The normalized spacial score (nSPS) is 15.3. The number of nitrogens with one attached hydrogen (secondary N) is 1. The molecule has 1 aliphatic heterocycles. The summed E-state index contributed by atoms with van der Waals surface area (Å²) in [5, 5.41) is 12.0. The van der Waals surface area contributed by atoms with Gasteiger partial charge in [-0.05, 0) is 24.6 Å². The second-order valence-corrected chi connectivity index (χ2v) is 7.63. The summed E-state index contributed by atoms with van der Waals surface area (Å²) in [7, 11) is 0. The van der Waals surface area contributed by atoms with Crippen LogP contribution in [0, 0.1) is 0 Å². The van der Waals surface area contributed by atoms with Gasteiger partial charge in [-0.2, -0.15) is 0 Å². The first-order chi connectivity index (χ1) is 15.3. The van der Waals surface area contributed by atoms with E-state index >= 15 is 0 Å². The van der Waals surface area contributed by atoms with Gasteiger partial charge < -0.3 is 10.2 Å². The molecule has 0 saturated carbocycles. The highest BCUT2D eigenvalue weighted by Gasteiger charge is 2.18.